The van der Waals surface area contributed by atoms with E-state index in [-0.39, 0.29) is 17.7 Å². The molecule has 2 bridgehead atoms. The summed E-state index contributed by atoms with van der Waals surface area (Å²) in [5.74, 6) is -1.14. The molecule has 112 valence electrons. The second kappa shape index (κ2) is 5.67. The molecule has 0 aliphatic heterocycles. The number of carboxylic acids is 1. The van der Waals surface area contributed by atoms with Gasteiger partial charge in [-0.05, 0) is 24.7 Å². The van der Waals surface area contributed by atoms with Crippen molar-refractivity contribution in [3.63, 3.8) is 0 Å². The average molecular weight is 290 g/mol. The van der Waals surface area contributed by atoms with Gasteiger partial charge in [-0.15, -0.1) is 0 Å². The summed E-state index contributed by atoms with van der Waals surface area (Å²) in [4.78, 5) is 27.6. The minimum atomic E-state index is -0.867. The lowest BCUT2D eigenvalue weighted by molar-refractivity contribution is -0.147. The summed E-state index contributed by atoms with van der Waals surface area (Å²) in [6.45, 7) is 0.517. The van der Waals surface area contributed by atoms with Crippen LogP contribution in [0.1, 0.15) is 18.7 Å². The van der Waals surface area contributed by atoms with E-state index < -0.39 is 17.8 Å². The number of allylic oxidation sites excluding steroid dienone is 2. The first-order valence-electron chi connectivity index (χ1n) is 7.20. The van der Waals surface area contributed by atoms with Crippen LogP contribution in [0, 0.1) is 23.7 Å². The molecule has 0 saturated heterocycles. The molecule has 0 radical (unpaired) electrons. The minimum Gasteiger partial charge on any atom is -0.481 e. The number of carboxylic acid groups (broad SMARTS) is 1. The maximum Gasteiger partial charge on any atom is 0.307 e. The van der Waals surface area contributed by atoms with Gasteiger partial charge < -0.3 is 10.4 Å². The van der Waals surface area contributed by atoms with Gasteiger partial charge in [-0.25, -0.2) is 4.98 Å². The van der Waals surface area contributed by atoms with Crippen molar-refractivity contribution in [1.29, 1.82) is 0 Å². The Labute approximate surface area is 121 Å². The van der Waals surface area contributed by atoms with Gasteiger partial charge in [-0.1, -0.05) is 12.2 Å². The normalized spacial score (nSPS) is 29.7. The predicted molar refractivity (Wildman–Crippen MR) is 73.1 cm³/mol. The number of amides is 1. The highest BCUT2D eigenvalue weighted by atomic mass is 16.4. The number of aryl methyl sites for hydroxylation is 1. The maximum absolute atomic E-state index is 12.3. The highest BCUT2D eigenvalue weighted by Gasteiger charge is 2.51. The van der Waals surface area contributed by atoms with E-state index in [4.69, 9.17) is 0 Å². The van der Waals surface area contributed by atoms with Crippen molar-refractivity contribution in [3.05, 3.63) is 24.3 Å². The highest BCUT2D eigenvalue weighted by molar-refractivity contribution is 5.86. The Bertz CT molecular complexity index is 555. The lowest BCUT2D eigenvalue weighted by atomic mass is 9.82. The molecular weight excluding hydrogens is 272 g/mol. The van der Waals surface area contributed by atoms with Crippen molar-refractivity contribution >= 4 is 11.9 Å². The van der Waals surface area contributed by atoms with Gasteiger partial charge in [0.25, 0.3) is 0 Å². The number of aromatic amines is 1. The van der Waals surface area contributed by atoms with Crippen LogP contribution in [-0.4, -0.2) is 38.7 Å². The summed E-state index contributed by atoms with van der Waals surface area (Å²) in [6.07, 6.45) is 7.62. The molecule has 7 heteroatoms. The van der Waals surface area contributed by atoms with E-state index in [1.54, 1.807) is 0 Å². The van der Waals surface area contributed by atoms with Crippen LogP contribution in [0.3, 0.4) is 0 Å². The maximum atomic E-state index is 12.3. The predicted octanol–water partition coefficient (Wildman–Crippen LogP) is 0.376. The number of fused-ring (bicyclic) bond motifs is 2. The van der Waals surface area contributed by atoms with Crippen molar-refractivity contribution in [2.75, 3.05) is 6.54 Å². The lowest BCUT2D eigenvalue weighted by Crippen LogP contribution is -2.40. The van der Waals surface area contributed by atoms with Crippen LogP contribution in [0.2, 0.25) is 0 Å². The van der Waals surface area contributed by atoms with Crippen LogP contribution < -0.4 is 5.32 Å². The van der Waals surface area contributed by atoms with Crippen LogP contribution in [0.25, 0.3) is 0 Å². The smallest absolute Gasteiger partial charge is 0.307 e. The van der Waals surface area contributed by atoms with E-state index in [0.717, 1.165) is 18.7 Å². The zero-order chi connectivity index (χ0) is 14.8. The van der Waals surface area contributed by atoms with Crippen molar-refractivity contribution in [2.45, 2.75) is 19.3 Å². The molecule has 1 heterocycles. The van der Waals surface area contributed by atoms with E-state index in [1.165, 1.54) is 6.33 Å². The van der Waals surface area contributed by atoms with Gasteiger partial charge in [0, 0.05) is 13.0 Å². The third-order valence-corrected chi connectivity index (χ3v) is 4.40. The molecule has 2 aliphatic carbocycles. The van der Waals surface area contributed by atoms with E-state index in [0.29, 0.717) is 13.0 Å². The molecule has 1 amide bonds. The Morgan fingerprint density at radius 1 is 1.33 bits per heavy atom. The average Bonchev–Trinajstić information content (AvgIpc) is 3.18. The van der Waals surface area contributed by atoms with Crippen LogP contribution in [0.4, 0.5) is 0 Å². The standard InChI is InChI=1S/C14H18N4O3/c19-13(15-5-1-2-10-16-7-17-18-10)11-8-3-4-9(6-8)12(11)14(20)21/h3-4,7-9,11-12H,1-2,5-6H2,(H,15,19)(H,20,21)(H,16,17,18). The SMILES string of the molecule is O=C(O)C1C2C=CC(C2)C1C(=O)NCCCc1ncn[nH]1. The molecule has 1 fully saturated rings. The third kappa shape index (κ3) is 2.68. The molecule has 1 aromatic heterocycles. The Balaban J connectivity index is 1.51. The molecular formula is C14H18N4O3. The summed E-state index contributed by atoms with van der Waals surface area (Å²) in [6, 6.07) is 0. The van der Waals surface area contributed by atoms with Crippen LogP contribution >= 0.6 is 0 Å². The Kier molecular flexibility index (Phi) is 3.72. The van der Waals surface area contributed by atoms with Crippen LogP contribution in [0.15, 0.2) is 18.5 Å². The van der Waals surface area contributed by atoms with Gasteiger partial charge in [0.15, 0.2) is 0 Å². The van der Waals surface area contributed by atoms with E-state index in [9.17, 15) is 14.7 Å². The largest absolute Gasteiger partial charge is 0.481 e. The molecule has 1 aromatic rings. The zero-order valence-electron chi connectivity index (χ0n) is 11.5. The summed E-state index contributed by atoms with van der Waals surface area (Å²) in [7, 11) is 0. The quantitative estimate of drug-likeness (QED) is 0.518. The first-order chi connectivity index (χ1) is 10.2. The Hall–Kier alpha value is -2.18. The van der Waals surface area contributed by atoms with Gasteiger partial charge in [0.1, 0.15) is 12.2 Å². The first kappa shape index (κ1) is 13.8. The third-order valence-electron chi connectivity index (χ3n) is 4.40. The van der Waals surface area contributed by atoms with Crippen molar-refractivity contribution in [3.8, 4) is 0 Å². The molecule has 3 rings (SSSR count). The molecule has 7 nitrogen and oxygen atoms in total. The number of nitrogens with zero attached hydrogens (tertiary/aromatic N) is 2. The minimum absolute atomic E-state index is 0.0115. The number of carbonyl (C=O) groups excluding carboxylic acids is 1. The Morgan fingerprint density at radius 2 is 2.10 bits per heavy atom. The number of hydrogen-bond donors (Lipinski definition) is 3. The van der Waals surface area contributed by atoms with Gasteiger partial charge in [0.05, 0.1) is 11.8 Å². The fourth-order valence-corrected chi connectivity index (χ4v) is 3.45. The second-order valence-corrected chi connectivity index (χ2v) is 5.66. The monoisotopic (exact) mass is 290 g/mol. The fourth-order valence-electron chi connectivity index (χ4n) is 3.45. The van der Waals surface area contributed by atoms with E-state index in [2.05, 4.69) is 20.5 Å². The van der Waals surface area contributed by atoms with Crippen molar-refractivity contribution in [1.82, 2.24) is 20.5 Å². The molecule has 21 heavy (non-hydrogen) atoms. The molecule has 1 saturated carbocycles. The summed E-state index contributed by atoms with van der Waals surface area (Å²) in [5, 5.41) is 18.7. The number of carbonyl (C=O) groups is 2. The number of rotatable bonds is 6. The lowest BCUT2D eigenvalue weighted by Gasteiger charge is -2.23. The second-order valence-electron chi connectivity index (χ2n) is 5.66. The Morgan fingerprint density at radius 3 is 2.76 bits per heavy atom. The van der Waals surface area contributed by atoms with E-state index >= 15 is 0 Å². The zero-order valence-corrected chi connectivity index (χ0v) is 11.5. The van der Waals surface area contributed by atoms with Gasteiger partial charge in [-0.2, -0.15) is 5.10 Å². The molecule has 0 aromatic carbocycles. The fraction of sp³-hybridized carbons (Fsp3) is 0.571. The molecule has 3 N–H and O–H groups in total. The molecule has 0 spiro atoms. The van der Waals surface area contributed by atoms with Crippen molar-refractivity contribution in [2.24, 2.45) is 23.7 Å². The van der Waals surface area contributed by atoms with Crippen molar-refractivity contribution < 1.29 is 14.7 Å². The summed E-state index contributed by atoms with van der Waals surface area (Å²) >= 11 is 0. The number of aliphatic carboxylic acids is 1. The van der Waals surface area contributed by atoms with Gasteiger partial charge in [-0.3, -0.25) is 14.7 Å². The van der Waals surface area contributed by atoms with Gasteiger partial charge in [0.2, 0.25) is 5.91 Å². The topological polar surface area (TPSA) is 108 Å². The van der Waals surface area contributed by atoms with E-state index in [1.807, 2.05) is 12.2 Å². The number of H-pyrrole nitrogens is 1. The first-order valence-corrected chi connectivity index (χ1v) is 7.20. The summed E-state index contributed by atoms with van der Waals surface area (Å²) < 4.78 is 0. The van der Waals surface area contributed by atoms with Crippen LogP contribution in [-0.2, 0) is 16.0 Å². The summed E-state index contributed by atoms with van der Waals surface area (Å²) in [5.41, 5.74) is 0. The molecule has 4 unspecified atom stereocenters. The van der Waals surface area contributed by atoms with Gasteiger partial charge >= 0.3 is 5.97 Å². The number of nitrogens with one attached hydrogen (secondary N) is 2. The molecule has 2 aliphatic rings. The van der Waals surface area contributed by atoms with Crippen LogP contribution in [0.5, 0.6) is 0 Å². The molecule has 4 atom stereocenters. The highest BCUT2D eigenvalue weighted by Crippen LogP contribution is 2.48. The number of aromatic nitrogens is 3. The number of hydrogen-bond acceptors (Lipinski definition) is 4.